The summed E-state index contributed by atoms with van der Waals surface area (Å²) in [6, 6.07) is 18.1. The number of carbonyl (C=O) groups is 1. The maximum Gasteiger partial charge on any atom is 0.238 e. The van der Waals surface area contributed by atoms with Crippen LogP contribution in [0.4, 0.5) is 5.69 Å². The Hall–Kier alpha value is -2.77. The van der Waals surface area contributed by atoms with Crippen LogP contribution >= 0.6 is 12.4 Å². The molecule has 2 N–H and O–H groups in total. The summed E-state index contributed by atoms with van der Waals surface area (Å²) in [6.45, 7) is 2.39. The smallest absolute Gasteiger partial charge is 0.238 e. The van der Waals surface area contributed by atoms with Gasteiger partial charge in [0, 0.05) is 11.3 Å². The van der Waals surface area contributed by atoms with Gasteiger partial charge in [0.25, 0.3) is 0 Å². The highest BCUT2D eigenvalue weighted by Gasteiger charge is 2.21. The number of carbonyl (C=O) groups excluding carboxylic acids is 1. The lowest BCUT2D eigenvalue weighted by atomic mass is 9.90. The van der Waals surface area contributed by atoms with Crippen LogP contribution in [0.25, 0.3) is 11.4 Å². The molecule has 0 atom stereocenters. The van der Waals surface area contributed by atoms with Crippen LogP contribution in [0.3, 0.4) is 0 Å². The molecule has 2 aromatic carbocycles. The molecule has 152 valence electrons. The summed E-state index contributed by atoms with van der Waals surface area (Å²) in [7, 11) is 0. The first kappa shape index (κ1) is 21.0. The molecule has 0 saturated carbocycles. The molecule has 0 radical (unpaired) electrons. The summed E-state index contributed by atoms with van der Waals surface area (Å²) in [5.74, 6) is 1.34. The van der Waals surface area contributed by atoms with Crippen molar-refractivity contribution < 1.29 is 4.79 Å². The first-order valence-corrected chi connectivity index (χ1v) is 9.66. The normalized spacial score (nSPS) is 14.9. The summed E-state index contributed by atoms with van der Waals surface area (Å²) < 4.78 is 0. The Morgan fingerprint density at radius 2 is 1.79 bits per heavy atom. The number of anilines is 1. The van der Waals surface area contributed by atoms with E-state index in [1.165, 1.54) is 5.56 Å². The van der Waals surface area contributed by atoms with Crippen molar-refractivity contribution in [3.63, 3.8) is 0 Å². The molecular formula is C21H25ClN6O. The third-order valence-electron chi connectivity index (χ3n) is 5.23. The zero-order chi connectivity index (χ0) is 19.2. The first-order valence-electron chi connectivity index (χ1n) is 9.66. The number of tetrazole rings is 1. The van der Waals surface area contributed by atoms with Crippen molar-refractivity contribution in [3.8, 4) is 11.4 Å². The van der Waals surface area contributed by atoms with Crippen LogP contribution in [0.5, 0.6) is 0 Å². The van der Waals surface area contributed by atoms with Gasteiger partial charge < -0.3 is 5.32 Å². The van der Waals surface area contributed by atoms with E-state index in [0.717, 1.165) is 43.6 Å². The Bertz CT molecular complexity index is 877. The quantitative estimate of drug-likeness (QED) is 0.649. The van der Waals surface area contributed by atoms with Gasteiger partial charge in [-0.25, -0.2) is 5.10 Å². The number of aromatic amines is 1. The van der Waals surface area contributed by atoms with Crippen LogP contribution in [-0.4, -0.2) is 51.1 Å². The molecule has 0 bridgehead atoms. The average Bonchev–Trinajstić information content (AvgIpc) is 3.26. The molecule has 1 aliphatic rings. The maximum absolute atomic E-state index is 12.4. The number of aromatic nitrogens is 4. The largest absolute Gasteiger partial charge is 0.325 e. The van der Waals surface area contributed by atoms with E-state index in [4.69, 9.17) is 0 Å². The summed E-state index contributed by atoms with van der Waals surface area (Å²) in [4.78, 5) is 14.6. The zero-order valence-electron chi connectivity index (χ0n) is 16.1. The second-order valence-electron chi connectivity index (χ2n) is 7.28. The lowest BCUT2D eigenvalue weighted by Gasteiger charge is -2.31. The molecule has 0 aliphatic carbocycles. The molecule has 7 nitrogen and oxygen atoms in total. The molecule has 0 unspecified atom stereocenters. The summed E-state index contributed by atoms with van der Waals surface area (Å²) in [5, 5.41) is 16.7. The monoisotopic (exact) mass is 412 g/mol. The molecular weight excluding hydrogens is 388 g/mol. The molecule has 3 aromatic rings. The molecule has 1 amide bonds. The highest BCUT2D eigenvalue weighted by molar-refractivity contribution is 5.92. The van der Waals surface area contributed by atoms with Crippen molar-refractivity contribution in [2.24, 2.45) is 5.92 Å². The van der Waals surface area contributed by atoms with Crippen LogP contribution in [0.1, 0.15) is 18.4 Å². The van der Waals surface area contributed by atoms with Crippen molar-refractivity contribution in [2.75, 3.05) is 25.0 Å². The zero-order valence-corrected chi connectivity index (χ0v) is 16.9. The van der Waals surface area contributed by atoms with Gasteiger partial charge in [0.2, 0.25) is 5.91 Å². The van der Waals surface area contributed by atoms with E-state index in [9.17, 15) is 4.79 Å². The predicted octanol–water partition coefficient (Wildman–Crippen LogP) is 3.18. The lowest BCUT2D eigenvalue weighted by molar-refractivity contribution is -0.117. The fourth-order valence-electron chi connectivity index (χ4n) is 3.69. The Morgan fingerprint density at radius 3 is 2.45 bits per heavy atom. The van der Waals surface area contributed by atoms with Crippen molar-refractivity contribution in [2.45, 2.75) is 19.3 Å². The fraction of sp³-hybridized carbons (Fsp3) is 0.333. The van der Waals surface area contributed by atoms with Crippen LogP contribution in [0.2, 0.25) is 0 Å². The van der Waals surface area contributed by atoms with Gasteiger partial charge in [-0.15, -0.1) is 17.5 Å². The number of amides is 1. The van der Waals surface area contributed by atoms with Crippen molar-refractivity contribution in [1.82, 2.24) is 25.5 Å². The maximum atomic E-state index is 12.4. The van der Waals surface area contributed by atoms with Crippen molar-refractivity contribution in [3.05, 3.63) is 60.2 Å². The standard InChI is InChI=1S/C21H24N6O.ClH/c28-20(22-19-8-6-18(7-9-19)21-23-25-26-24-21)15-27-12-10-17(11-13-27)14-16-4-2-1-3-5-16;/h1-9,17H,10-15H2,(H,22,28)(H,23,24,25,26);1H. The first-order chi connectivity index (χ1) is 13.8. The Morgan fingerprint density at radius 1 is 1.07 bits per heavy atom. The van der Waals surface area contributed by atoms with Crippen LogP contribution in [0.15, 0.2) is 54.6 Å². The molecule has 8 heteroatoms. The Balaban J connectivity index is 0.00000240. The molecule has 1 aliphatic heterocycles. The van der Waals surface area contributed by atoms with Crippen LogP contribution in [0, 0.1) is 5.92 Å². The second-order valence-corrected chi connectivity index (χ2v) is 7.28. The van der Waals surface area contributed by atoms with E-state index in [1.54, 1.807) is 0 Å². The molecule has 29 heavy (non-hydrogen) atoms. The van der Waals surface area contributed by atoms with Crippen LogP contribution < -0.4 is 5.32 Å². The Labute approximate surface area is 176 Å². The number of piperidine rings is 1. The summed E-state index contributed by atoms with van der Waals surface area (Å²) in [5.41, 5.74) is 3.06. The number of hydrogen-bond acceptors (Lipinski definition) is 5. The van der Waals surface area contributed by atoms with Gasteiger partial charge in [-0.1, -0.05) is 30.3 Å². The minimum Gasteiger partial charge on any atom is -0.325 e. The molecule has 1 saturated heterocycles. The predicted molar refractivity (Wildman–Crippen MR) is 115 cm³/mol. The number of benzene rings is 2. The lowest BCUT2D eigenvalue weighted by Crippen LogP contribution is -2.39. The summed E-state index contributed by atoms with van der Waals surface area (Å²) in [6.07, 6.45) is 3.41. The number of likely N-dealkylation sites (tertiary alicyclic amines) is 1. The van der Waals surface area contributed by atoms with E-state index in [2.05, 4.69) is 61.2 Å². The minimum absolute atomic E-state index is 0. The Kier molecular flexibility index (Phi) is 7.32. The van der Waals surface area contributed by atoms with Gasteiger partial charge in [-0.05, 0) is 78.5 Å². The fourth-order valence-corrected chi connectivity index (χ4v) is 3.69. The number of rotatable bonds is 6. The molecule has 1 fully saturated rings. The average molecular weight is 413 g/mol. The van der Waals surface area contributed by atoms with E-state index < -0.39 is 0 Å². The number of halogens is 1. The number of nitrogens with zero attached hydrogens (tertiary/aromatic N) is 4. The highest BCUT2D eigenvalue weighted by Crippen LogP contribution is 2.22. The van der Waals surface area contributed by atoms with Crippen molar-refractivity contribution >= 4 is 24.0 Å². The van der Waals surface area contributed by atoms with Gasteiger partial charge >= 0.3 is 0 Å². The van der Waals surface area contributed by atoms with Gasteiger partial charge in [0.15, 0.2) is 5.82 Å². The van der Waals surface area contributed by atoms with E-state index >= 15 is 0 Å². The molecule has 2 heterocycles. The minimum atomic E-state index is 0. The third-order valence-corrected chi connectivity index (χ3v) is 5.23. The summed E-state index contributed by atoms with van der Waals surface area (Å²) >= 11 is 0. The van der Waals surface area contributed by atoms with E-state index in [-0.39, 0.29) is 18.3 Å². The number of hydrogen-bond donors (Lipinski definition) is 2. The van der Waals surface area contributed by atoms with Gasteiger partial charge in [-0.3, -0.25) is 9.69 Å². The topological polar surface area (TPSA) is 86.8 Å². The molecule has 1 aromatic heterocycles. The van der Waals surface area contributed by atoms with Gasteiger partial charge in [0.05, 0.1) is 6.54 Å². The number of nitrogens with one attached hydrogen (secondary N) is 2. The highest BCUT2D eigenvalue weighted by atomic mass is 35.5. The SMILES string of the molecule is Cl.O=C(CN1CCC(Cc2ccccc2)CC1)Nc1ccc(-c2nnn[nH]2)cc1. The van der Waals surface area contributed by atoms with Gasteiger partial charge in [-0.2, -0.15) is 0 Å². The van der Waals surface area contributed by atoms with Crippen molar-refractivity contribution in [1.29, 1.82) is 0 Å². The number of H-pyrrole nitrogens is 1. The second kappa shape index (κ2) is 10.1. The molecule has 4 rings (SSSR count). The van der Waals surface area contributed by atoms with Gasteiger partial charge in [0.1, 0.15) is 0 Å². The molecule has 0 spiro atoms. The van der Waals surface area contributed by atoms with E-state index in [0.29, 0.717) is 18.3 Å². The van der Waals surface area contributed by atoms with Crippen LogP contribution in [-0.2, 0) is 11.2 Å². The third kappa shape index (κ3) is 5.85. The van der Waals surface area contributed by atoms with E-state index in [1.807, 2.05) is 24.3 Å².